The van der Waals surface area contributed by atoms with Crippen LogP contribution in [0.15, 0.2) is 65.6 Å². The largest absolute Gasteiger partial charge is 0.573 e. The highest BCUT2D eigenvalue weighted by Gasteiger charge is 2.65. The van der Waals surface area contributed by atoms with E-state index < -0.39 is 50.8 Å². The fourth-order valence-electron chi connectivity index (χ4n) is 3.16. The number of carbonyl (C=O) groups is 1. The normalized spacial score (nSPS) is 14.7. The lowest BCUT2D eigenvalue weighted by Crippen LogP contribution is -2.49. The molecule has 1 atom stereocenters. The number of nitrogens with one attached hydrogen (secondary N) is 1. The summed E-state index contributed by atoms with van der Waals surface area (Å²) in [5.74, 6) is -2.14. The van der Waals surface area contributed by atoms with E-state index in [2.05, 4.69) is 10.1 Å². The molecule has 3 aromatic carbocycles. The summed E-state index contributed by atoms with van der Waals surface area (Å²) in [5, 5.41) is 20.8. The SMILES string of the molecule is CC(C#N)(COc1cc(C#N)ccc1Oc1ccc(OC(F)(F)F)cc1Cl)NC(=O)c1ccc(S(F)(F)(F)(F)F)cc1. The highest BCUT2D eigenvalue weighted by Crippen LogP contribution is 3.02. The van der Waals surface area contributed by atoms with Crippen LogP contribution in [0, 0.1) is 22.7 Å². The summed E-state index contributed by atoms with van der Waals surface area (Å²) in [6.07, 6.45) is -4.97. The predicted octanol–water partition coefficient (Wildman–Crippen LogP) is 8.65. The molecule has 7 nitrogen and oxygen atoms in total. The van der Waals surface area contributed by atoms with Gasteiger partial charge in [0.1, 0.15) is 23.0 Å². The molecule has 42 heavy (non-hydrogen) atoms. The molecule has 0 saturated heterocycles. The van der Waals surface area contributed by atoms with Crippen LogP contribution in [0.2, 0.25) is 5.02 Å². The molecular formula is C25H16ClF8N3O4S. The third-order valence-corrected chi connectivity index (χ3v) is 6.60. The summed E-state index contributed by atoms with van der Waals surface area (Å²) in [4.78, 5) is 10.4. The molecule has 1 unspecified atom stereocenters. The number of nitriles is 2. The highest BCUT2D eigenvalue weighted by molar-refractivity contribution is 8.45. The highest BCUT2D eigenvalue weighted by atomic mass is 35.5. The average molecular weight is 642 g/mol. The van der Waals surface area contributed by atoms with Gasteiger partial charge in [-0.25, -0.2) is 0 Å². The van der Waals surface area contributed by atoms with Crippen LogP contribution in [-0.2, 0) is 0 Å². The van der Waals surface area contributed by atoms with Crippen molar-refractivity contribution in [2.75, 3.05) is 6.61 Å². The van der Waals surface area contributed by atoms with Gasteiger partial charge in [-0.3, -0.25) is 4.79 Å². The van der Waals surface area contributed by atoms with E-state index in [0.29, 0.717) is 12.1 Å². The van der Waals surface area contributed by atoms with Gasteiger partial charge in [0.25, 0.3) is 5.91 Å². The number of ether oxygens (including phenoxy) is 3. The quantitative estimate of drug-likeness (QED) is 0.235. The van der Waals surface area contributed by atoms with Crippen LogP contribution in [-0.4, -0.2) is 24.4 Å². The Balaban J connectivity index is 1.79. The van der Waals surface area contributed by atoms with Crippen molar-refractivity contribution in [1.82, 2.24) is 5.32 Å². The van der Waals surface area contributed by atoms with Crippen LogP contribution in [0.3, 0.4) is 0 Å². The Kier molecular flexibility index (Phi) is 7.99. The molecule has 3 rings (SSSR count). The average Bonchev–Trinajstić information content (AvgIpc) is 2.87. The molecule has 17 heteroatoms. The number of benzene rings is 3. The molecule has 0 radical (unpaired) electrons. The van der Waals surface area contributed by atoms with E-state index in [0.717, 1.165) is 18.2 Å². The van der Waals surface area contributed by atoms with Gasteiger partial charge in [0.2, 0.25) is 0 Å². The molecule has 0 bridgehead atoms. The predicted molar refractivity (Wildman–Crippen MR) is 134 cm³/mol. The first-order chi connectivity index (χ1) is 19.1. The number of hydrogen-bond acceptors (Lipinski definition) is 6. The van der Waals surface area contributed by atoms with Crippen molar-refractivity contribution in [2.24, 2.45) is 0 Å². The topological polar surface area (TPSA) is 104 Å². The number of rotatable bonds is 9. The first-order valence-electron chi connectivity index (χ1n) is 11.1. The second kappa shape index (κ2) is 10.5. The van der Waals surface area contributed by atoms with E-state index in [-0.39, 0.29) is 40.0 Å². The second-order valence-electron chi connectivity index (χ2n) is 8.70. The van der Waals surface area contributed by atoms with Crippen LogP contribution < -0.4 is 19.5 Å². The summed E-state index contributed by atoms with van der Waals surface area (Å²) in [7, 11) is -9.96. The minimum Gasteiger partial charge on any atom is -0.486 e. The lowest BCUT2D eigenvalue weighted by atomic mass is 10.0. The summed E-state index contributed by atoms with van der Waals surface area (Å²) in [5.41, 5.74) is -2.27. The maximum absolute atomic E-state index is 12.9. The monoisotopic (exact) mass is 641 g/mol. The fraction of sp³-hybridized carbons (Fsp3) is 0.160. The molecule has 1 amide bonds. The Morgan fingerprint density at radius 3 is 2.07 bits per heavy atom. The number of amides is 1. The maximum atomic E-state index is 12.9. The van der Waals surface area contributed by atoms with E-state index in [1.165, 1.54) is 25.1 Å². The van der Waals surface area contributed by atoms with Crippen molar-refractivity contribution in [3.63, 3.8) is 0 Å². The van der Waals surface area contributed by atoms with Gasteiger partial charge >= 0.3 is 16.6 Å². The van der Waals surface area contributed by atoms with Crippen LogP contribution in [0.5, 0.6) is 23.0 Å². The first kappa shape index (κ1) is 32.1. The van der Waals surface area contributed by atoms with E-state index in [9.17, 15) is 47.9 Å². The molecule has 0 spiro atoms. The Bertz CT molecular complexity index is 1610. The molecule has 224 valence electrons. The van der Waals surface area contributed by atoms with Crippen molar-refractivity contribution >= 4 is 27.7 Å². The van der Waals surface area contributed by atoms with Gasteiger partial charge in [0, 0.05) is 17.7 Å². The van der Waals surface area contributed by atoms with Gasteiger partial charge in [-0.05, 0) is 55.5 Å². The second-order valence-corrected chi connectivity index (χ2v) is 11.5. The zero-order valence-corrected chi connectivity index (χ0v) is 22.4. The van der Waals surface area contributed by atoms with Crippen molar-refractivity contribution in [3.05, 3.63) is 76.8 Å². The molecule has 0 aliphatic carbocycles. The van der Waals surface area contributed by atoms with Gasteiger partial charge in [0.05, 0.1) is 22.7 Å². The zero-order chi connectivity index (χ0) is 31.6. The van der Waals surface area contributed by atoms with Crippen molar-refractivity contribution < 1.29 is 51.6 Å². The number of hydrogen-bond donors (Lipinski definition) is 1. The number of nitrogens with zero attached hydrogens (tertiary/aromatic N) is 2. The molecule has 0 aliphatic rings. The molecule has 0 fully saturated rings. The molecule has 1 N–H and O–H groups in total. The molecular weight excluding hydrogens is 626 g/mol. The van der Waals surface area contributed by atoms with Crippen molar-refractivity contribution in [3.8, 4) is 35.1 Å². The molecule has 0 aromatic heterocycles. The minimum absolute atomic E-state index is 0.0423. The van der Waals surface area contributed by atoms with Gasteiger partial charge in [0.15, 0.2) is 17.0 Å². The van der Waals surface area contributed by atoms with Crippen LogP contribution in [0.4, 0.5) is 32.6 Å². The fourth-order valence-corrected chi connectivity index (χ4v) is 4.02. The summed E-state index contributed by atoms with van der Waals surface area (Å²) < 4.78 is 117. The van der Waals surface area contributed by atoms with E-state index in [4.69, 9.17) is 21.1 Å². The Labute approximate surface area is 237 Å². The number of halogens is 9. The number of alkyl halides is 3. The lowest BCUT2D eigenvalue weighted by molar-refractivity contribution is -0.274. The molecule has 0 saturated carbocycles. The zero-order valence-electron chi connectivity index (χ0n) is 20.8. The Morgan fingerprint density at radius 1 is 0.929 bits per heavy atom. The van der Waals surface area contributed by atoms with E-state index in [1.54, 1.807) is 6.07 Å². The third-order valence-electron chi connectivity index (χ3n) is 5.14. The Hall–Kier alpha value is -4.41. The maximum Gasteiger partial charge on any atom is 0.573 e. The van der Waals surface area contributed by atoms with Crippen LogP contribution >= 0.6 is 21.8 Å². The van der Waals surface area contributed by atoms with Crippen LogP contribution in [0.1, 0.15) is 22.8 Å². The van der Waals surface area contributed by atoms with Crippen LogP contribution in [0.25, 0.3) is 0 Å². The Morgan fingerprint density at radius 2 is 1.55 bits per heavy atom. The van der Waals surface area contributed by atoms with Gasteiger partial charge in [-0.1, -0.05) is 31.0 Å². The minimum atomic E-state index is -9.96. The van der Waals surface area contributed by atoms with Gasteiger partial charge in [-0.15, -0.1) is 13.2 Å². The van der Waals surface area contributed by atoms with E-state index >= 15 is 0 Å². The van der Waals surface area contributed by atoms with E-state index in [1.807, 2.05) is 6.07 Å². The molecule has 3 aromatic rings. The first-order valence-corrected chi connectivity index (χ1v) is 13.4. The standard InChI is InChI=1S/C25H16ClF8N3O4S/c1-24(13-36,37-23(38)16-3-6-18(7-4-16)42(30,31,32,33)34)14-39-22-10-15(12-35)2-8-21(22)40-20-9-5-17(11-19(20)26)41-25(27,28)29/h2-11H,14H2,1H3,(H,37,38). The summed E-state index contributed by atoms with van der Waals surface area (Å²) in [6, 6.07) is 11.3. The molecule has 0 aliphatic heterocycles. The lowest BCUT2D eigenvalue weighted by Gasteiger charge is -2.40. The van der Waals surface area contributed by atoms with Gasteiger partial charge < -0.3 is 19.5 Å². The van der Waals surface area contributed by atoms with Crippen molar-refractivity contribution in [2.45, 2.75) is 23.7 Å². The van der Waals surface area contributed by atoms with Gasteiger partial charge in [-0.2, -0.15) is 10.5 Å². The smallest absolute Gasteiger partial charge is 0.486 e. The molecule has 0 heterocycles. The summed E-state index contributed by atoms with van der Waals surface area (Å²) in [6.45, 7) is 0.551. The number of carbonyl (C=O) groups excluding carboxylic acids is 1. The summed E-state index contributed by atoms with van der Waals surface area (Å²) >= 11 is 6.00. The van der Waals surface area contributed by atoms with Crippen molar-refractivity contribution in [1.29, 1.82) is 10.5 Å². The third kappa shape index (κ3) is 8.55.